The molecule has 0 aliphatic heterocycles. The number of carbonyl (C=O) groups excluding carboxylic acids is 6. The third-order valence-corrected chi connectivity index (χ3v) is 8.86. The molecule has 1 spiro atoms. The number of methoxy groups -OCH3 is 1. The number of Topliss-reactive ketones (excluding diaryl/α,β-unsaturated/α-hetero) is 3. The third-order valence-electron chi connectivity index (χ3n) is 7.96. The molecule has 2 amide bonds. The van der Waals surface area contributed by atoms with Crippen LogP contribution < -0.4 is 16.7 Å². The zero-order valence-corrected chi connectivity index (χ0v) is 23.7. The van der Waals surface area contributed by atoms with Gasteiger partial charge in [-0.3, -0.25) is 33.6 Å². The third kappa shape index (κ3) is 3.48. The van der Waals surface area contributed by atoms with E-state index in [1.807, 2.05) is 5.43 Å². The number of nitrogens with one attached hydrogen (secondary N) is 2. The predicted molar refractivity (Wildman–Crippen MR) is 151 cm³/mol. The molecule has 0 fully saturated rings. The Morgan fingerprint density at radius 2 is 1.68 bits per heavy atom. The lowest BCUT2D eigenvalue weighted by molar-refractivity contribution is -0.137. The fourth-order valence-corrected chi connectivity index (χ4v) is 6.80. The number of allylic oxidation sites excluding steroid dienone is 2. The van der Waals surface area contributed by atoms with E-state index in [2.05, 4.69) is 26.0 Å². The fourth-order valence-electron chi connectivity index (χ4n) is 6.09. The van der Waals surface area contributed by atoms with Crippen molar-refractivity contribution in [3.05, 3.63) is 71.8 Å². The molecule has 0 radical (unpaired) electrons. The molecule has 3 aromatic rings. The summed E-state index contributed by atoms with van der Waals surface area (Å²) in [4.78, 5) is 91.8. The van der Waals surface area contributed by atoms with Crippen molar-refractivity contribution in [3.8, 4) is 17.2 Å². The highest BCUT2D eigenvalue weighted by Crippen LogP contribution is 2.58. The minimum atomic E-state index is -2.22. The monoisotopic (exact) mass is 664 g/mol. The molecule has 6 rings (SSSR count). The highest BCUT2D eigenvalue weighted by Gasteiger charge is 2.62. The average molecular weight is 665 g/mol. The second-order valence-corrected chi connectivity index (χ2v) is 10.9. The summed E-state index contributed by atoms with van der Waals surface area (Å²) in [6.07, 6.45) is 1.53. The highest BCUT2D eigenvalue weighted by atomic mass is 79.9. The van der Waals surface area contributed by atoms with Crippen molar-refractivity contribution in [2.24, 2.45) is 10.8 Å². The quantitative estimate of drug-likeness (QED) is 0.0739. The highest BCUT2D eigenvalue weighted by molar-refractivity contribution is 9.10. The topological polar surface area (TPSA) is 256 Å². The van der Waals surface area contributed by atoms with Gasteiger partial charge < -0.3 is 30.8 Å². The molecule has 7 N–H and O–H groups in total. The molecule has 1 heterocycles. The Hall–Kier alpha value is -5.64. The van der Waals surface area contributed by atoms with Gasteiger partial charge in [0.05, 0.1) is 46.7 Å². The van der Waals surface area contributed by atoms with Crippen LogP contribution in [0, 0.1) is 0 Å². The molecule has 1 atom stereocenters. The molecule has 222 valence electrons. The number of fused-ring (bicyclic) bond motifs is 5. The Kier molecular flexibility index (Phi) is 6.11. The van der Waals surface area contributed by atoms with Gasteiger partial charge in [-0.25, -0.2) is 5.43 Å². The number of benzene rings is 2. The Morgan fingerprint density at radius 3 is 2.30 bits per heavy atom. The molecule has 0 unspecified atom stereocenters. The minimum absolute atomic E-state index is 0.00422. The van der Waals surface area contributed by atoms with Crippen molar-refractivity contribution in [2.45, 2.75) is 18.3 Å². The maximum absolute atomic E-state index is 14.1. The van der Waals surface area contributed by atoms with E-state index in [4.69, 9.17) is 10.5 Å². The molecule has 15 nitrogen and oxygen atoms in total. The summed E-state index contributed by atoms with van der Waals surface area (Å²) >= 11 is 3.39. The maximum atomic E-state index is 14.1. The summed E-state index contributed by atoms with van der Waals surface area (Å²) in [6.45, 7) is 0. The fraction of sp³-hybridized carbons (Fsp3) is 0.143. The van der Waals surface area contributed by atoms with Crippen LogP contribution in [0.15, 0.2) is 32.3 Å². The smallest absolute Gasteiger partial charge is 0.329 e. The van der Waals surface area contributed by atoms with E-state index < -0.39 is 91.2 Å². The number of aromatic hydroxyl groups is 3. The molecule has 2 aromatic carbocycles. The van der Waals surface area contributed by atoms with Gasteiger partial charge in [0.15, 0.2) is 23.1 Å². The normalized spacial score (nSPS) is 18.5. The summed E-state index contributed by atoms with van der Waals surface area (Å²) in [5, 5.41) is 37.0. The molecule has 3 aliphatic carbocycles. The number of ketones is 4. The Balaban J connectivity index is 1.55. The first-order valence-electron chi connectivity index (χ1n) is 12.6. The number of phenols is 3. The zero-order valence-electron chi connectivity index (χ0n) is 22.2. The van der Waals surface area contributed by atoms with Gasteiger partial charge in [-0.15, -0.1) is 0 Å². The minimum Gasteiger partial charge on any atom is -0.507 e. The number of H-pyrrole nitrogens is 1. The number of ether oxygens (including phenoxy) is 1. The number of hydrazone groups is 1. The van der Waals surface area contributed by atoms with Gasteiger partial charge in [0.2, 0.25) is 5.78 Å². The number of primary amides is 1. The van der Waals surface area contributed by atoms with Crippen LogP contribution in [0.1, 0.15) is 64.7 Å². The molecular weight excluding hydrogens is 648 g/mol. The SMILES string of the molecule is COC1=CC(=O)c2c(O)c3c(c(O)c2C1=O)C(=O)[C@]1(CCc2c1c(O)c1c(=O)[nH]c(/C=N/NC(=O)C(N)=O)cc1c2Br)C3=O. The van der Waals surface area contributed by atoms with Gasteiger partial charge >= 0.3 is 11.8 Å². The molecular formula is C28H17BrN4O11. The van der Waals surface area contributed by atoms with Crippen molar-refractivity contribution in [1.29, 1.82) is 0 Å². The molecule has 1 aromatic heterocycles. The van der Waals surface area contributed by atoms with Gasteiger partial charge in [0, 0.05) is 21.5 Å². The van der Waals surface area contributed by atoms with E-state index in [0.717, 1.165) is 19.4 Å². The number of nitrogens with two attached hydrogens (primary N) is 1. The first-order chi connectivity index (χ1) is 20.8. The standard InChI is InChI=1S/C28H17BrN4O11/c1-44-11-5-10(34)13-14(19(11)35)21(37)16-15(20(13)36)23(39)28(24(16)40)3-2-8-17(28)22(38)12-9(18(8)29)4-7(32-26(12)42)6-31-33-27(43)25(30)41/h4-6,36-38H,2-3H2,1H3,(H2,30,41)(H,32,42)(H,33,43)/b31-6+/t28-/m0/s1. The number of carbonyl (C=O) groups is 6. The summed E-state index contributed by atoms with van der Waals surface area (Å²) < 4.78 is 5.12. The lowest BCUT2D eigenvalue weighted by Gasteiger charge is -2.23. The Morgan fingerprint density at radius 1 is 1.05 bits per heavy atom. The van der Waals surface area contributed by atoms with E-state index >= 15 is 0 Å². The lowest BCUT2D eigenvalue weighted by Crippen LogP contribution is -2.36. The average Bonchev–Trinajstić information content (AvgIpc) is 3.48. The van der Waals surface area contributed by atoms with Crippen molar-refractivity contribution < 1.29 is 48.8 Å². The Labute approximate surface area is 252 Å². The number of amides is 2. The summed E-state index contributed by atoms with van der Waals surface area (Å²) in [5.74, 6) is -9.70. The van der Waals surface area contributed by atoms with Gasteiger partial charge in [0.1, 0.15) is 22.7 Å². The second-order valence-electron chi connectivity index (χ2n) is 10.1. The molecule has 0 bridgehead atoms. The molecule has 16 heteroatoms. The van der Waals surface area contributed by atoms with E-state index in [1.54, 1.807) is 0 Å². The first-order valence-corrected chi connectivity index (χ1v) is 13.4. The van der Waals surface area contributed by atoms with E-state index in [9.17, 15) is 48.9 Å². The number of hydrogen-bond acceptors (Lipinski definition) is 12. The summed E-state index contributed by atoms with van der Waals surface area (Å²) in [7, 11) is 1.11. The van der Waals surface area contributed by atoms with Gasteiger partial charge in [-0.1, -0.05) is 0 Å². The first kappa shape index (κ1) is 28.5. The number of hydrogen-bond donors (Lipinski definition) is 6. The molecule has 0 saturated heterocycles. The molecule has 3 aliphatic rings. The second kappa shape index (κ2) is 9.43. The van der Waals surface area contributed by atoms with E-state index in [1.165, 1.54) is 6.07 Å². The Bertz CT molecular complexity index is 2130. The number of phenolic OH excluding ortho intramolecular Hbond substituents is 3. The molecule has 44 heavy (non-hydrogen) atoms. The number of rotatable bonds is 3. The summed E-state index contributed by atoms with van der Waals surface area (Å²) in [6, 6.07) is 1.36. The maximum Gasteiger partial charge on any atom is 0.329 e. The zero-order chi connectivity index (χ0) is 32.0. The van der Waals surface area contributed by atoms with Crippen LogP contribution in [0.5, 0.6) is 17.2 Å². The van der Waals surface area contributed by atoms with Gasteiger partial charge in [-0.2, -0.15) is 5.10 Å². The van der Waals surface area contributed by atoms with Crippen molar-refractivity contribution in [3.63, 3.8) is 0 Å². The lowest BCUT2D eigenvalue weighted by atomic mass is 9.76. The predicted octanol–water partition coefficient (Wildman–Crippen LogP) is 0.515. The number of aromatic nitrogens is 1. The van der Waals surface area contributed by atoms with Crippen molar-refractivity contribution in [1.82, 2.24) is 10.4 Å². The molecule has 0 saturated carbocycles. The van der Waals surface area contributed by atoms with Crippen LogP contribution in [0.4, 0.5) is 0 Å². The van der Waals surface area contributed by atoms with Crippen molar-refractivity contribution in [2.75, 3.05) is 7.11 Å². The summed E-state index contributed by atoms with van der Waals surface area (Å²) in [5.41, 5.74) is 0.872. The van der Waals surface area contributed by atoms with E-state index in [0.29, 0.717) is 0 Å². The largest absolute Gasteiger partial charge is 0.507 e. The van der Waals surface area contributed by atoms with Crippen molar-refractivity contribution >= 4 is 67.9 Å². The van der Waals surface area contributed by atoms with Crippen LogP contribution in [0.25, 0.3) is 10.8 Å². The number of pyridine rings is 1. The van der Waals surface area contributed by atoms with Crippen LogP contribution in [0.2, 0.25) is 0 Å². The van der Waals surface area contributed by atoms with Crippen LogP contribution >= 0.6 is 15.9 Å². The van der Waals surface area contributed by atoms with Crippen LogP contribution in [-0.2, 0) is 26.2 Å². The van der Waals surface area contributed by atoms with Crippen LogP contribution in [-0.4, -0.2) is 68.6 Å². The number of aromatic amines is 1. The van der Waals surface area contributed by atoms with Crippen LogP contribution in [0.3, 0.4) is 0 Å². The number of halogens is 1. The van der Waals surface area contributed by atoms with E-state index in [-0.39, 0.29) is 44.9 Å². The van der Waals surface area contributed by atoms with Gasteiger partial charge in [-0.05, 0) is 40.4 Å². The number of nitrogens with zero attached hydrogens (tertiary/aromatic N) is 1. The van der Waals surface area contributed by atoms with Gasteiger partial charge in [0.25, 0.3) is 5.56 Å².